The second-order valence-corrected chi connectivity index (χ2v) is 5.03. The fraction of sp³-hybridized carbons (Fsp3) is 0. The normalized spacial score (nSPS) is 8.96. The van der Waals surface area contributed by atoms with E-state index in [1.807, 2.05) is 36.4 Å². The van der Waals surface area contributed by atoms with Crippen LogP contribution < -0.4 is 0 Å². The van der Waals surface area contributed by atoms with Crippen molar-refractivity contribution in [2.24, 2.45) is 0 Å². The number of benzene rings is 2. The van der Waals surface area contributed by atoms with E-state index in [0.29, 0.717) is 0 Å². The number of halogens is 3. The van der Waals surface area contributed by atoms with Gasteiger partial charge in [0.05, 0.1) is 0 Å². The van der Waals surface area contributed by atoms with Crippen molar-refractivity contribution in [1.82, 2.24) is 9.97 Å². The van der Waals surface area contributed by atoms with Crippen LogP contribution in [0, 0.1) is 29.6 Å². The predicted molar refractivity (Wildman–Crippen MR) is 97.9 cm³/mol. The third-order valence-electron chi connectivity index (χ3n) is 3.00. The monoisotopic (exact) mass is 557 g/mol. The van der Waals surface area contributed by atoms with Crippen molar-refractivity contribution >= 4 is 0 Å². The molecule has 0 spiro atoms. The molecular formula is C22H15F3IrN2-2. The van der Waals surface area contributed by atoms with Crippen LogP contribution in [0.2, 0.25) is 0 Å². The molecular weight excluding hydrogens is 541 g/mol. The van der Waals surface area contributed by atoms with E-state index in [1.165, 1.54) is 12.1 Å². The van der Waals surface area contributed by atoms with E-state index < -0.39 is 11.6 Å². The number of nitrogens with zero attached hydrogens (tertiary/aromatic N) is 2. The van der Waals surface area contributed by atoms with E-state index in [-0.39, 0.29) is 25.9 Å². The van der Waals surface area contributed by atoms with Crippen molar-refractivity contribution in [2.75, 3.05) is 0 Å². The van der Waals surface area contributed by atoms with Crippen LogP contribution in [0.15, 0.2) is 91.4 Å². The van der Waals surface area contributed by atoms with Crippen LogP contribution >= 0.6 is 0 Å². The molecule has 0 fully saturated rings. The zero-order valence-electron chi connectivity index (χ0n) is 14.5. The smallest absolute Gasteiger partial charge is 0.0379 e. The topological polar surface area (TPSA) is 25.8 Å². The molecule has 0 unspecified atom stereocenters. The van der Waals surface area contributed by atoms with E-state index >= 15 is 0 Å². The summed E-state index contributed by atoms with van der Waals surface area (Å²) in [4.78, 5) is 7.91. The number of pyridine rings is 2. The molecule has 2 aromatic heterocycles. The summed E-state index contributed by atoms with van der Waals surface area (Å²) in [7, 11) is 0. The SMILES string of the molecule is Fc1c[c-]c(-c2ccccn2)cc1.Fc1c[c-]cc(F)c1.[Ir].c1ccncc1. The van der Waals surface area contributed by atoms with Gasteiger partial charge in [-0.05, 0) is 23.9 Å². The minimum absolute atomic E-state index is 0. The first-order chi connectivity index (χ1) is 13.1. The minimum Gasteiger partial charge on any atom is -0.305 e. The summed E-state index contributed by atoms with van der Waals surface area (Å²) in [5, 5.41) is 0. The van der Waals surface area contributed by atoms with Crippen LogP contribution in [0.25, 0.3) is 11.3 Å². The summed E-state index contributed by atoms with van der Waals surface area (Å²) in [6, 6.07) is 23.7. The standard InChI is InChI=1S/C11H7FN.C6H3F2.C5H5N.Ir/c12-10-6-4-9(5-7-10)11-3-1-2-8-13-11;7-5-2-1-3-6(8)4-5;1-2-4-6-5-3-1;/h1-4,6-8H;2-4H;1-5H;/q2*-1;;. The molecule has 4 aromatic rings. The summed E-state index contributed by atoms with van der Waals surface area (Å²) < 4.78 is 36.3. The van der Waals surface area contributed by atoms with Crippen LogP contribution in [0.1, 0.15) is 0 Å². The Morgan fingerprint density at radius 1 is 0.679 bits per heavy atom. The van der Waals surface area contributed by atoms with E-state index in [9.17, 15) is 13.2 Å². The van der Waals surface area contributed by atoms with Gasteiger partial charge in [0.25, 0.3) is 0 Å². The molecule has 0 aliphatic carbocycles. The van der Waals surface area contributed by atoms with Gasteiger partial charge in [0, 0.05) is 56.1 Å². The Kier molecular flexibility index (Phi) is 11.1. The quantitative estimate of drug-likeness (QED) is 0.288. The molecule has 0 saturated carbocycles. The zero-order chi connectivity index (χ0) is 19.3. The third kappa shape index (κ3) is 9.21. The molecule has 0 N–H and O–H groups in total. The fourth-order valence-electron chi connectivity index (χ4n) is 1.82. The zero-order valence-corrected chi connectivity index (χ0v) is 16.9. The third-order valence-corrected chi connectivity index (χ3v) is 3.00. The summed E-state index contributed by atoms with van der Waals surface area (Å²) in [6.45, 7) is 0. The summed E-state index contributed by atoms with van der Waals surface area (Å²) in [6.07, 6.45) is 5.20. The van der Waals surface area contributed by atoms with Crippen molar-refractivity contribution < 1.29 is 33.3 Å². The van der Waals surface area contributed by atoms with E-state index in [0.717, 1.165) is 29.5 Å². The van der Waals surface area contributed by atoms with Crippen molar-refractivity contribution in [3.8, 4) is 11.3 Å². The number of rotatable bonds is 1. The van der Waals surface area contributed by atoms with Crippen molar-refractivity contribution in [1.29, 1.82) is 0 Å². The van der Waals surface area contributed by atoms with Crippen LogP contribution in [0.5, 0.6) is 0 Å². The second-order valence-electron chi connectivity index (χ2n) is 5.03. The summed E-state index contributed by atoms with van der Waals surface area (Å²) in [5.74, 6) is -1.46. The van der Waals surface area contributed by atoms with Gasteiger partial charge in [0.15, 0.2) is 0 Å². The molecule has 28 heavy (non-hydrogen) atoms. The van der Waals surface area contributed by atoms with Gasteiger partial charge in [-0.15, -0.1) is 48.0 Å². The molecule has 0 saturated heterocycles. The van der Waals surface area contributed by atoms with Gasteiger partial charge in [-0.2, -0.15) is 6.07 Å². The molecule has 0 amide bonds. The van der Waals surface area contributed by atoms with Gasteiger partial charge in [-0.25, -0.2) is 0 Å². The van der Waals surface area contributed by atoms with Gasteiger partial charge in [0.1, 0.15) is 0 Å². The van der Waals surface area contributed by atoms with Crippen LogP contribution in [-0.2, 0) is 20.1 Å². The van der Waals surface area contributed by atoms with Gasteiger partial charge in [-0.1, -0.05) is 18.2 Å². The summed E-state index contributed by atoms with van der Waals surface area (Å²) >= 11 is 0. The molecule has 2 nitrogen and oxygen atoms in total. The molecule has 0 atom stereocenters. The van der Waals surface area contributed by atoms with Gasteiger partial charge >= 0.3 is 0 Å². The summed E-state index contributed by atoms with van der Waals surface area (Å²) in [5.41, 5.74) is 1.62. The molecule has 1 radical (unpaired) electrons. The first kappa shape index (κ1) is 23.2. The Hall–Kier alpha value is -2.82. The minimum atomic E-state index is -0.593. The van der Waals surface area contributed by atoms with Crippen molar-refractivity contribution in [3.63, 3.8) is 0 Å². The van der Waals surface area contributed by atoms with Gasteiger partial charge in [-0.3, -0.25) is 18.2 Å². The average Bonchev–Trinajstić information content (AvgIpc) is 2.71. The average molecular weight is 557 g/mol. The first-order valence-electron chi connectivity index (χ1n) is 7.91. The molecule has 4 rings (SSSR count). The van der Waals surface area contributed by atoms with Crippen LogP contribution in [-0.4, -0.2) is 9.97 Å². The number of hydrogen-bond acceptors (Lipinski definition) is 2. The first-order valence-corrected chi connectivity index (χ1v) is 7.91. The van der Waals surface area contributed by atoms with Gasteiger partial charge < -0.3 is 4.98 Å². The Labute approximate surface area is 175 Å². The maximum Gasteiger partial charge on any atom is 0.0379 e. The Balaban J connectivity index is 0.000000225. The largest absolute Gasteiger partial charge is 0.305 e. The number of aromatic nitrogens is 2. The Morgan fingerprint density at radius 3 is 1.75 bits per heavy atom. The molecule has 0 bridgehead atoms. The van der Waals surface area contributed by atoms with Crippen LogP contribution in [0.3, 0.4) is 0 Å². The van der Waals surface area contributed by atoms with E-state index in [4.69, 9.17) is 0 Å². The molecule has 6 heteroatoms. The van der Waals surface area contributed by atoms with Gasteiger partial charge in [0.2, 0.25) is 0 Å². The Bertz CT molecular complexity index is 862. The van der Waals surface area contributed by atoms with Crippen molar-refractivity contribution in [3.05, 3.63) is 121 Å². The number of hydrogen-bond donors (Lipinski definition) is 0. The molecule has 2 aromatic carbocycles. The fourth-order valence-corrected chi connectivity index (χ4v) is 1.82. The maximum atomic E-state index is 12.6. The second kappa shape index (κ2) is 13.4. The predicted octanol–water partition coefficient (Wildman–Crippen LogP) is 5.53. The van der Waals surface area contributed by atoms with Crippen molar-refractivity contribution in [2.45, 2.75) is 0 Å². The van der Waals surface area contributed by atoms with Crippen LogP contribution in [0.4, 0.5) is 13.2 Å². The Morgan fingerprint density at radius 2 is 1.36 bits per heavy atom. The molecule has 0 aliphatic heterocycles. The van der Waals surface area contributed by atoms with E-state index in [2.05, 4.69) is 22.1 Å². The maximum absolute atomic E-state index is 12.6. The van der Waals surface area contributed by atoms with E-state index in [1.54, 1.807) is 24.7 Å². The molecule has 0 aliphatic rings. The molecule has 145 valence electrons. The molecule has 2 heterocycles.